The Bertz CT molecular complexity index is 809. The SMILES string of the molecule is C=CCN(c1cccc(F)c1)S(=O)(=O)c1cc(Cl)ccc1Cl. The average molecular weight is 360 g/mol. The summed E-state index contributed by atoms with van der Waals surface area (Å²) in [7, 11) is -4.01. The van der Waals surface area contributed by atoms with Crippen molar-refractivity contribution in [1.29, 1.82) is 0 Å². The molecule has 2 aromatic rings. The first-order chi connectivity index (χ1) is 10.4. The van der Waals surface area contributed by atoms with Gasteiger partial charge in [-0.15, -0.1) is 6.58 Å². The van der Waals surface area contributed by atoms with Crippen molar-refractivity contribution >= 4 is 38.9 Å². The number of anilines is 1. The quantitative estimate of drug-likeness (QED) is 0.736. The molecule has 3 nitrogen and oxygen atoms in total. The highest BCUT2D eigenvalue weighted by Gasteiger charge is 2.27. The van der Waals surface area contributed by atoms with Crippen molar-refractivity contribution in [2.45, 2.75) is 4.90 Å². The molecule has 0 bridgehead atoms. The third-order valence-corrected chi connectivity index (χ3v) is 5.36. The first kappa shape index (κ1) is 16.8. The lowest BCUT2D eigenvalue weighted by Crippen LogP contribution is -2.31. The van der Waals surface area contributed by atoms with E-state index in [4.69, 9.17) is 23.2 Å². The van der Waals surface area contributed by atoms with Crippen LogP contribution in [-0.4, -0.2) is 15.0 Å². The average Bonchev–Trinajstić information content (AvgIpc) is 2.47. The monoisotopic (exact) mass is 359 g/mol. The summed E-state index contributed by atoms with van der Waals surface area (Å²) in [6, 6.07) is 9.42. The van der Waals surface area contributed by atoms with E-state index in [1.165, 1.54) is 42.5 Å². The highest BCUT2D eigenvalue weighted by Crippen LogP contribution is 2.30. The van der Waals surface area contributed by atoms with Crippen molar-refractivity contribution in [3.05, 3.63) is 71.0 Å². The molecular weight excluding hydrogens is 348 g/mol. The Labute approximate surface area is 138 Å². The maximum atomic E-state index is 13.4. The third-order valence-electron chi connectivity index (χ3n) is 2.85. The van der Waals surface area contributed by atoms with Crippen LogP contribution in [0.4, 0.5) is 10.1 Å². The summed E-state index contributed by atoms with van der Waals surface area (Å²) < 4.78 is 40.1. The van der Waals surface area contributed by atoms with Crippen LogP contribution in [0.5, 0.6) is 0 Å². The second-order valence-electron chi connectivity index (χ2n) is 4.38. The molecule has 0 amide bonds. The number of halogens is 3. The Hall–Kier alpha value is -1.56. The second-order valence-corrected chi connectivity index (χ2v) is 7.05. The van der Waals surface area contributed by atoms with Crippen molar-refractivity contribution in [2.24, 2.45) is 0 Å². The molecule has 0 fully saturated rings. The first-order valence-electron chi connectivity index (χ1n) is 6.20. The standard InChI is InChI=1S/C15H12Cl2FNO2S/c1-2-8-19(13-5-3-4-12(18)10-13)22(20,21)15-9-11(16)6-7-14(15)17/h2-7,9-10H,1,8H2. The zero-order valence-electron chi connectivity index (χ0n) is 11.3. The number of nitrogens with zero attached hydrogens (tertiary/aromatic N) is 1. The zero-order chi connectivity index (χ0) is 16.3. The smallest absolute Gasteiger partial charge is 0.262 e. The summed E-state index contributed by atoms with van der Waals surface area (Å²) in [5.41, 5.74) is 0.177. The van der Waals surface area contributed by atoms with Crippen LogP contribution in [0.2, 0.25) is 10.0 Å². The van der Waals surface area contributed by atoms with Gasteiger partial charge in [-0.2, -0.15) is 0 Å². The van der Waals surface area contributed by atoms with Crippen molar-refractivity contribution in [2.75, 3.05) is 10.8 Å². The number of rotatable bonds is 5. The van der Waals surface area contributed by atoms with Gasteiger partial charge in [-0.25, -0.2) is 12.8 Å². The first-order valence-corrected chi connectivity index (χ1v) is 8.40. The lowest BCUT2D eigenvalue weighted by molar-refractivity contribution is 0.592. The second kappa shape index (κ2) is 6.69. The van der Waals surface area contributed by atoms with Gasteiger partial charge >= 0.3 is 0 Å². The van der Waals surface area contributed by atoms with Gasteiger partial charge < -0.3 is 0 Å². The molecule has 0 aromatic heterocycles. The molecule has 0 heterocycles. The van der Waals surface area contributed by atoms with E-state index in [-0.39, 0.29) is 27.2 Å². The molecule has 2 aromatic carbocycles. The van der Waals surface area contributed by atoms with Crippen molar-refractivity contribution < 1.29 is 12.8 Å². The van der Waals surface area contributed by atoms with Crippen molar-refractivity contribution in [3.8, 4) is 0 Å². The molecule has 0 radical (unpaired) electrons. The summed E-state index contributed by atoms with van der Waals surface area (Å²) in [6.07, 6.45) is 1.40. The lowest BCUT2D eigenvalue weighted by Gasteiger charge is -2.23. The minimum absolute atomic E-state index is 0.0331. The van der Waals surface area contributed by atoms with Crippen molar-refractivity contribution in [3.63, 3.8) is 0 Å². The van der Waals surface area contributed by atoms with Gasteiger partial charge in [0.05, 0.1) is 17.3 Å². The van der Waals surface area contributed by atoms with Gasteiger partial charge in [0, 0.05) is 5.02 Å². The molecule has 0 aliphatic carbocycles. The van der Waals surface area contributed by atoms with Gasteiger partial charge in [0.15, 0.2) is 0 Å². The number of hydrogen-bond donors (Lipinski definition) is 0. The van der Waals surface area contributed by atoms with Gasteiger partial charge in [0.1, 0.15) is 10.7 Å². The van der Waals surface area contributed by atoms with Crippen LogP contribution in [0.15, 0.2) is 60.0 Å². The molecule has 2 rings (SSSR count). The largest absolute Gasteiger partial charge is 0.266 e. The Morgan fingerprint density at radius 2 is 1.91 bits per heavy atom. The number of hydrogen-bond acceptors (Lipinski definition) is 2. The highest BCUT2D eigenvalue weighted by atomic mass is 35.5. The van der Waals surface area contributed by atoms with E-state index >= 15 is 0 Å². The van der Waals surface area contributed by atoms with Crippen LogP contribution in [-0.2, 0) is 10.0 Å². The molecular formula is C15H12Cl2FNO2S. The Morgan fingerprint density at radius 1 is 1.18 bits per heavy atom. The molecule has 0 aliphatic heterocycles. The topological polar surface area (TPSA) is 37.4 Å². The van der Waals surface area contributed by atoms with Crippen LogP contribution in [0.3, 0.4) is 0 Å². The minimum atomic E-state index is -4.01. The van der Waals surface area contributed by atoms with E-state index < -0.39 is 15.8 Å². The summed E-state index contributed by atoms with van der Waals surface area (Å²) in [5.74, 6) is -0.543. The van der Waals surface area contributed by atoms with Crippen LogP contribution in [0.25, 0.3) is 0 Å². The van der Waals surface area contributed by atoms with E-state index in [9.17, 15) is 12.8 Å². The van der Waals surface area contributed by atoms with Gasteiger partial charge in [0.2, 0.25) is 0 Å². The van der Waals surface area contributed by atoms with Gasteiger partial charge in [-0.3, -0.25) is 4.31 Å². The Morgan fingerprint density at radius 3 is 2.55 bits per heavy atom. The summed E-state index contributed by atoms with van der Waals surface area (Å²) in [4.78, 5) is -0.146. The van der Waals surface area contributed by atoms with Crippen LogP contribution in [0, 0.1) is 5.82 Å². The van der Waals surface area contributed by atoms with Crippen LogP contribution < -0.4 is 4.31 Å². The van der Waals surface area contributed by atoms with Crippen molar-refractivity contribution in [1.82, 2.24) is 0 Å². The normalized spacial score (nSPS) is 11.2. The predicted molar refractivity (Wildman–Crippen MR) is 87.6 cm³/mol. The van der Waals surface area contributed by atoms with E-state index in [1.54, 1.807) is 0 Å². The van der Waals surface area contributed by atoms with E-state index in [2.05, 4.69) is 6.58 Å². The highest BCUT2D eigenvalue weighted by molar-refractivity contribution is 7.93. The van der Waals surface area contributed by atoms with Crippen LogP contribution >= 0.6 is 23.2 Å². The molecule has 0 atom stereocenters. The van der Waals surface area contributed by atoms with Gasteiger partial charge in [-0.05, 0) is 36.4 Å². The van der Waals surface area contributed by atoms with E-state index in [0.717, 1.165) is 10.4 Å². The maximum Gasteiger partial charge on any atom is 0.266 e. The molecule has 0 saturated carbocycles. The molecule has 0 aliphatic rings. The molecule has 0 N–H and O–H groups in total. The molecule has 7 heteroatoms. The Balaban J connectivity index is 2.60. The summed E-state index contributed by atoms with van der Waals surface area (Å²) in [5, 5.41) is 0.274. The fourth-order valence-electron chi connectivity index (χ4n) is 1.88. The van der Waals surface area contributed by atoms with E-state index in [1.807, 2.05) is 0 Å². The minimum Gasteiger partial charge on any atom is -0.262 e. The number of sulfonamides is 1. The summed E-state index contributed by atoms with van der Waals surface area (Å²) >= 11 is 11.8. The molecule has 0 saturated heterocycles. The molecule has 22 heavy (non-hydrogen) atoms. The fourth-order valence-corrected chi connectivity index (χ4v) is 4.05. The third kappa shape index (κ3) is 3.43. The summed E-state index contributed by atoms with van der Waals surface area (Å²) in [6.45, 7) is 3.50. The van der Waals surface area contributed by atoms with Crippen LogP contribution in [0.1, 0.15) is 0 Å². The molecule has 0 unspecified atom stereocenters. The lowest BCUT2D eigenvalue weighted by atomic mass is 10.3. The number of benzene rings is 2. The Kier molecular flexibility index (Phi) is 5.11. The molecule has 0 spiro atoms. The predicted octanol–water partition coefficient (Wildman–Crippen LogP) is 4.51. The molecule has 116 valence electrons. The zero-order valence-corrected chi connectivity index (χ0v) is 13.7. The van der Waals surface area contributed by atoms with E-state index in [0.29, 0.717) is 0 Å². The van der Waals surface area contributed by atoms with Gasteiger partial charge in [-0.1, -0.05) is 35.3 Å². The fraction of sp³-hybridized carbons (Fsp3) is 0.0667. The van der Waals surface area contributed by atoms with Gasteiger partial charge in [0.25, 0.3) is 10.0 Å². The maximum absolute atomic E-state index is 13.4.